The topological polar surface area (TPSA) is 32.8 Å². The second kappa shape index (κ2) is 8.78. The summed E-state index contributed by atoms with van der Waals surface area (Å²) in [7, 11) is 0. The van der Waals surface area contributed by atoms with Gasteiger partial charge in [0.2, 0.25) is 5.91 Å². The molecule has 2 atom stereocenters. The van der Waals surface area contributed by atoms with Crippen molar-refractivity contribution >= 4 is 5.91 Å². The van der Waals surface area contributed by atoms with E-state index in [1.165, 1.54) is 11.1 Å². The highest BCUT2D eigenvalue weighted by molar-refractivity contribution is 5.78. The van der Waals surface area contributed by atoms with Crippen LogP contribution in [-0.4, -0.2) is 54.0 Å². The van der Waals surface area contributed by atoms with Gasteiger partial charge in [0, 0.05) is 25.7 Å². The molecule has 4 nitrogen and oxygen atoms in total. The summed E-state index contributed by atoms with van der Waals surface area (Å²) in [6.07, 6.45) is 4.37. The minimum absolute atomic E-state index is 0.170. The molecule has 0 spiro atoms. The molecule has 0 radical (unpaired) electrons. The minimum atomic E-state index is 0.170. The SMILES string of the molecule is C[C@@H]1CCCN1C(=O)CN1CC[C@H](Oc2ccc(Cc3ccccc3)cc2)C1. The molecule has 2 aliphatic rings. The maximum Gasteiger partial charge on any atom is 0.236 e. The van der Waals surface area contributed by atoms with Crippen LogP contribution in [0, 0.1) is 0 Å². The normalized spacial score (nSPS) is 22.5. The lowest BCUT2D eigenvalue weighted by atomic mass is 10.1. The van der Waals surface area contributed by atoms with Gasteiger partial charge in [0.25, 0.3) is 0 Å². The summed E-state index contributed by atoms with van der Waals surface area (Å²) in [5.41, 5.74) is 2.61. The summed E-state index contributed by atoms with van der Waals surface area (Å²) in [5.74, 6) is 1.19. The van der Waals surface area contributed by atoms with Crippen molar-refractivity contribution in [2.75, 3.05) is 26.2 Å². The van der Waals surface area contributed by atoms with Crippen molar-refractivity contribution in [3.05, 3.63) is 65.7 Å². The number of rotatable bonds is 6. The zero-order chi connectivity index (χ0) is 19.3. The van der Waals surface area contributed by atoms with Gasteiger partial charge in [-0.2, -0.15) is 0 Å². The predicted molar refractivity (Wildman–Crippen MR) is 112 cm³/mol. The maximum absolute atomic E-state index is 12.5. The van der Waals surface area contributed by atoms with E-state index in [9.17, 15) is 4.79 Å². The van der Waals surface area contributed by atoms with E-state index >= 15 is 0 Å². The number of amides is 1. The molecule has 0 N–H and O–H groups in total. The molecular formula is C24H30N2O2. The first-order valence-electron chi connectivity index (χ1n) is 10.5. The Morgan fingerprint density at radius 2 is 1.75 bits per heavy atom. The molecule has 2 aromatic rings. The molecule has 1 amide bonds. The van der Waals surface area contributed by atoms with Crippen LogP contribution in [0.5, 0.6) is 5.75 Å². The summed E-state index contributed by atoms with van der Waals surface area (Å²) < 4.78 is 6.17. The molecule has 2 saturated heterocycles. The van der Waals surface area contributed by atoms with Gasteiger partial charge in [0.1, 0.15) is 11.9 Å². The second-order valence-corrected chi connectivity index (χ2v) is 8.15. The molecule has 28 heavy (non-hydrogen) atoms. The van der Waals surface area contributed by atoms with Crippen LogP contribution in [0.1, 0.15) is 37.3 Å². The van der Waals surface area contributed by atoms with Crippen LogP contribution >= 0.6 is 0 Å². The molecule has 0 saturated carbocycles. The number of benzene rings is 2. The zero-order valence-corrected chi connectivity index (χ0v) is 16.7. The fourth-order valence-corrected chi connectivity index (χ4v) is 4.33. The quantitative estimate of drug-likeness (QED) is 0.768. The Bertz CT molecular complexity index is 775. The number of hydrogen-bond donors (Lipinski definition) is 0. The van der Waals surface area contributed by atoms with Crippen molar-refractivity contribution in [3.8, 4) is 5.75 Å². The number of carbonyl (C=O) groups excluding carboxylic acids is 1. The number of ether oxygens (including phenoxy) is 1. The molecule has 2 aromatic carbocycles. The fourth-order valence-electron chi connectivity index (χ4n) is 4.33. The van der Waals surface area contributed by atoms with Gasteiger partial charge in [0.05, 0.1) is 6.54 Å². The van der Waals surface area contributed by atoms with Gasteiger partial charge in [-0.05, 0) is 55.9 Å². The number of likely N-dealkylation sites (tertiary alicyclic amines) is 2. The van der Waals surface area contributed by atoms with Crippen molar-refractivity contribution in [1.82, 2.24) is 9.80 Å². The summed E-state index contributed by atoms with van der Waals surface area (Å²) >= 11 is 0. The standard InChI is InChI=1S/C24H30N2O2/c1-19-6-5-14-26(19)24(27)18-25-15-13-23(17-25)28-22-11-9-21(10-12-22)16-20-7-3-2-4-8-20/h2-4,7-12,19,23H,5-6,13-18H2,1H3/t19-,23+/m1/s1. The van der Waals surface area contributed by atoms with Gasteiger partial charge in [0.15, 0.2) is 0 Å². The predicted octanol–water partition coefficient (Wildman–Crippen LogP) is 3.74. The van der Waals surface area contributed by atoms with Crippen molar-refractivity contribution in [2.45, 2.75) is 44.8 Å². The van der Waals surface area contributed by atoms with Crippen molar-refractivity contribution < 1.29 is 9.53 Å². The fraction of sp³-hybridized carbons (Fsp3) is 0.458. The van der Waals surface area contributed by atoms with E-state index in [-0.39, 0.29) is 12.0 Å². The Hall–Kier alpha value is -2.33. The third kappa shape index (κ3) is 4.74. The summed E-state index contributed by atoms with van der Waals surface area (Å²) in [4.78, 5) is 16.8. The van der Waals surface area contributed by atoms with Crippen LogP contribution in [0.15, 0.2) is 54.6 Å². The smallest absolute Gasteiger partial charge is 0.236 e. The van der Waals surface area contributed by atoms with Crippen molar-refractivity contribution in [3.63, 3.8) is 0 Å². The van der Waals surface area contributed by atoms with Gasteiger partial charge >= 0.3 is 0 Å². The van der Waals surface area contributed by atoms with E-state index in [0.29, 0.717) is 12.6 Å². The molecule has 0 bridgehead atoms. The van der Waals surface area contributed by atoms with E-state index in [4.69, 9.17) is 4.74 Å². The lowest BCUT2D eigenvalue weighted by molar-refractivity contribution is -0.132. The largest absolute Gasteiger partial charge is 0.489 e. The highest BCUT2D eigenvalue weighted by Crippen LogP contribution is 2.21. The van der Waals surface area contributed by atoms with Gasteiger partial charge in [-0.3, -0.25) is 9.69 Å². The number of nitrogens with zero attached hydrogens (tertiary/aromatic N) is 2. The van der Waals surface area contributed by atoms with Gasteiger partial charge in [-0.25, -0.2) is 0 Å². The Balaban J connectivity index is 1.25. The molecule has 0 aliphatic carbocycles. The van der Waals surface area contributed by atoms with Crippen LogP contribution in [-0.2, 0) is 11.2 Å². The van der Waals surface area contributed by atoms with Crippen molar-refractivity contribution in [1.29, 1.82) is 0 Å². The van der Waals surface area contributed by atoms with Gasteiger partial charge < -0.3 is 9.64 Å². The molecule has 4 heteroatoms. The maximum atomic E-state index is 12.5. The highest BCUT2D eigenvalue weighted by atomic mass is 16.5. The van der Waals surface area contributed by atoms with Crippen LogP contribution in [0.2, 0.25) is 0 Å². The molecule has 2 heterocycles. The van der Waals surface area contributed by atoms with Crippen LogP contribution in [0.4, 0.5) is 0 Å². The number of hydrogen-bond acceptors (Lipinski definition) is 3. The Morgan fingerprint density at radius 3 is 2.46 bits per heavy atom. The van der Waals surface area contributed by atoms with E-state index < -0.39 is 0 Å². The molecule has 2 aliphatic heterocycles. The third-order valence-electron chi connectivity index (χ3n) is 5.94. The van der Waals surface area contributed by atoms with Gasteiger partial charge in [-0.1, -0.05) is 42.5 Å². The first-order valence-corrected chi connectivity index (χ1v) is 10.5. The minimum Gasteiger partial charge on any atom is -0.489 e. The Labute approximate surface area is 168 Å². The highest BCUT2D eigenvalue weighted by Gasteiger charge is 2.30. The molecule has 0 aromatic heterocycles. The summed E-state index contributed by atoms with van der Waals surface area (Å²) in [5, 5.41) is 0. The Morgan fingerprint density at radius 1 is 1.00 bits per heavy atom. The monoisotopic (exact) mass is 378 g/mol. The lowest BCUT2D eigenvalue weighted by Crippen LogP contribution is -2.41. The van der Waals surface area contributed by atoms with Crippen LogP contribution < -0.4 is 4.74 Å². The zero-order valence-electron chi connectivity index (χ0n) is 16.7. The van der Waals surface area contributed by atoms with E-state index in [2.05, 4.69) is 60.4 Å². The van der Waals surface area contributed by atoms with E-state index in [1.807, 2.05) is 11.0 Å². The third-order valence-corrected chi connectivity index (χ3v) is 5.94. The van der Waals surface area contributed by atoms with Crippen molar-refractivity contribution in [2.24, 2.45) is 0 Å². The summed E-state index contributed by atoms with van der Waals surface area (Å²) in [6.45, 7) is 5.37. The first-order chi connectivity index (χ1) is 13.7. The number of carbonyl (C=O) groups is 1. The van der Waals surface area contributed by atoms with Crippen LogP contribution in [0.3, 0.4) is 0 Å². The van der Waals surface area contributed by atoms with Gasteiger partial charge in [-0.15, -0.1) is 0 Å². The Kier molecular flexibility index (Phi) is 5.96. The van der Waals surface area contributed by atoms with Crippen LogP contribution in [0.25, 0.3) is 0 Å². The summed E-state index contributed by atoms with van der Waals surface area (Å²) in [6, 6.07) is 19.3. The first kappa shape index (κ1) is 19.0. The average molecular weight is 379 g/mol. The second-order valence-electron chi connectivity index (χ2n) is 8.15. The lowest BCUT2D eigenvalue weighted by Gasteiger charge is -2.24. The molecule has 4 rings (SSSR count). The molecule has 148 valence electrons. The molecular weight excluding hydrogens is 348 g/mol. The molecule has 2 fully saturated rings. The van der Waals surface area contributed by atoms with E-state index in [0.717, 1.165) is 51.1 Å². The van der Waals surface area contributed by atoms with E-state index in [1.54, 1.807) is 0 Å². The average Bonchev–Trinajstić information content (AvgIpc) is 3.33. The molecule has 0 unspecified atom stereocenters.